The summed E-state index contributed by atoms with van der Waals surface area (Å²) < 4.78 is 0. The molecule has 0 aromatic rings. The molecular formula is C12H26N2. The first-order valence-electron chi connectivity index (χ1n) is 5.73. The molecule has 0 heterocycles. The molecule has 0 fully saturated rings. The molecule has 0 rings (SSSR count). The van der Waals surface area contributed by atoms with Gasteiger partial charge in [-0.15, -0.1) is 0 Å². The number of nitrogens with zero attached hydrogens (tertiary/aromatic N) is 1. The molecule has 0 aromatic carbocycles. The average molecular weight is 198 g/mol. The summed E-state index contributed by atoms with van der Waals surface area (Å²) in [4.78, 5) is 2.27. The minimum absolute atomic E-state index is 0.595. The smallest absolute Gasteiger partial charge is 0.0169 e. The first kappa shape index (κ1) is 13.5. The van der Waals surface area contributed by atoms with E-state index in [1.54, 1.807) is 0 Å². The lowest BCUT2D eigenvalue weighted by Gasteiger charge is -2.25. The van der Waals surface area contributed by atoms with Crippen molar-refractivity contribution in [3.63, 3.8) is 0 Å². The molecule has 0 saturated carbocycles. The van der Waals surface area contributed by atoms with Crippen LogP contribution in [0.4, 0.5) is 0 Å². The number of hydrogen-bond acceptors (Lipinski definition) is 2. The summed E-state index contributed by atoms with van der Waals surface area (Å²) in [5.41, 5.74) is 6.73. The lowest BCUT2D eigenvalue weighted by atomic mass is 10.0. The van der Waals surface area contributed by atoms with Crippen LogP contribution in [0.15, 0.2) is 12.3 Å². The van der Waals surface area contributed by atoms with Crippen LogP contribution >= 0.6 is 0 Å². The summed E-state index contributed by atoms with van der Waals surface area (Å²) >= 11 is 0. The third kappa shape index (κ3) is 5.28. The lowest BCUT2D eigenvalue weighted by molar-refractivity contribution is 0.355. The van der Waals surface area contributed by atoms with E-state index in [-0.39, 0.29) is 0 Å². The van der Waals surface area contributed by atoms with Crippen LogP contribution in [0.25, 0.3) is 0 Å². The fourth-order valence-corrected chi connectivity index (χ4v) is 1.62. The molecule has 0 amide bonds. The van der Waals surface area contributed by atoms with Crippen molar-refractivity contribution < 1.29 is 0 Å². The van der Waals surface area contributed by atoms with Crippen molar-refractivity contribution in [3.8, 4) is 0 Å². The highest BCUT2D eigenvalue weighted by atomic mass is 15.1. The molecule has 2 N–H and O–H groups in total. The quantitative estimate of drug-likeness (QED) is 0.607. The predicted molar refractivity (Wildman–Crippen MR) is 64.1 cm³/mol. The average Bonchev–Trinajstić information content (AvgIpc) is 2.17. The van der Waals surface area contributed by atoms with E-state index in [1.165, 1.54) is 25.0 Å². The Kier molecular flexibility index (Phi) is 7.58. The van der Waals surface area contributed by atoms with Gasteiger partial charge in [0.25, 0.3) is 0 Å². The highest BCUT2D eigenvalue weighted by Crippen LogP contribution is 2.18. The van der Waals surface area contributed by atoms with E-state index < -0.39 is 0 Å². The number of nitrogens with two attached hydrogens (primary N) is 1. The molecule has 2 nitrogen and oxygen atoms in total. The highest BCUT2D eigenvalue weighted by molar-refractivity contribution is 4.97. The van der Waals surface area contributed by atoms with Crippen molar-refractivity contribution in [2.24, 2.45) is 11.7 Å². The van der Waals surface area contributed by atoms with Gasteiger partial charge in [-0.1, -0.05) is 26.8 Å². The second-order valence-electron chi connectivity index (χ2n) is 4.10. The fraction of sp³-hybridized carbons (Fsp3) is 0.833. The summed E-state index contributed by atoms with van der Waals surface area (Å²) in [6, 6.07) is 0. The Labute approximate surface area is 89.2 Å². The van der Waals surface area contributed by atoms with E-state index in [0.29, 0.717) is 5.92 Å². The molecule has 0 spiro atoms. The summed E-state index contributed by atoms with van der Waals surface area (Å²) in [6.45, 7) is 10.5. The first-order chi connectivity index (χ1) is 6.63. The van der Waals surface area contributed by atoms with Crippen molar-refractivity contribution in [3.05, 3.63) is 12.3 Å². The van der Waals surface area contributed by atoms with E-state index in [1.807, 2.05) is 0 Å². The molecule has 1 unspecified atom stereocenters. The summed E-state index contributed by atoms with van der Waals surface area (Å²) in [6.07, 6.45) is 4.75. The van der Waals surface area contributed by atoms with Gasteiger partial charge in [0.15, 0.2) is 0 Å². The Morgan fingerprint density at radius 3 is 2.57 bits per heavy atom. The van der Waals surface area contributed by atoms with Gasteiger partial charge in [-0.05, 0) is 31.7 Å². The Balaban J connectivity index is 3.74. The molecular weight excluding hydrogens is 172 g/mol. The van der Waals surface area contributed by atoms with Crippen LogP contribution in [0.5, 0.6) is 0 Å². The third-order valence-corrected chi connectivity index (χ3v) is 2.71. The van der Waals surface area contributed by atoms with Crippen molar-refractivity contribution in [2.75, 3.05) is 20.1 Å². The monoisotopic (exact) mass is 198 g/mol. The Morgan fingerprint density at radius 2 is 2.07 bits per heavy atom. The zero-order chi connectivity index (χ0) is 11.0. The predicted octanol–water partition coefficient (Wildman–Crippen LogP) is 2.61. The lowest BCUT2D eigenvalue weighted by Crippen LogP contribution is -2.22. The van der Waals surface area contributed by atoms with E-state index in [4.69, 9.17) is 5.73 Å². The molecule has 0 aliphatic rings. The van der Waals surface area contributed by atoms with E-state index in [9.17, 15) is 0 Å². The van der Waals surface area contributed by atoms with Crippen LogP contribution in [0.2, 0.25) is 0 Å². The number of unbranched alkanes of at least 4 members (excludes halogenated alkanes) is 1. The maximum Gasteiger partial charge on any atom is 0.0169 e. The summed E-state index contributed by atoms with van der Waals surface area (Å²) in [5, 5.41) is 0. The molecule has 0 radical (unpaired) electrons. The van der Waals surface area contributed by atoms with Crippen LogP contribution in [0, 0.1) is 5.92 Å². The third-order valence-electron chi connectivity index (χ3n) is 2.71. The molecule has 0 aliphatic heterocycles. The van der Waals surface area contributed by atoms with Crippen LogP contribution < -0.4 is 5.73 Å². The first-order valence-corrected chi connectivity index (χ1v) is 5.73. The minimum Gasteiger partial charge on any atom is -0.378 e. The van der Waals surface area contributed by atoms with Gasteiger partial charge in [0.05, 0.1) is 0 Å². The van der Waals surface area contributed by atoms with E-state index in [2.05, 4.69) is 32.4 Å². The van der Waals surface area contributed by atoms with E-state index >= 15 is 0 Å². The molecule has 84 valence electrons. The molecule has 1 atom stereocenters. The van der Waals surface area contributed by atoms with Gasteiger partial charge in [-0.2, -0.15) is 0 Å². The molecule has 0 saturated heterocycles. The van der Waals surface area contributed by atoms with Crippen molar-refractivity contribution in [2.45, 2.75) is 39.5 Å². The summed E-state index contributed by atoms with van der Waals surface area (Å²) in [5.74, 6) is 0.595. The minimum atomic E-state index is 0.595. The van der Waals surface area contributed by atoms with Crippen LogP contribution in [0.3, 0.4) is 0 Å². The van der Waals surface area contributed by atoms with Gasteiger partial charge in [-0.3, -0.25) is 0 Å². The van der Waals surface area contributed by atoms with Gasteiger partial charge in [-0.25, -0.2) is 0 Å². The highest BCUT2D eigenvalue weighted by Gasteiger charge is 2.09. The number of rotatable bonds is 8. The van der Waals surface area contributed by atoms with Crippen molar-refractivity contribution >= 4 is 0 Å². The number of hydrogen-bond donors (Lipinski definition) is 1. The Hall–Kier alpha value is -0.500. The van der Waals surface area contributed by atoms with Gasteiger partial charge in [0, 0.05) is 19.3 Å². The van der Waals surface area contributed by atoms with Crippen LogP contribution in [-0.4, -0.2) is 25.0 Å². The van der Waals surface area contributed by atoms with Crippen LogP contribution in [-0.2, 0) is 0 Å². The normalized spacial score (nSPS) is 12.6. The largest absolute Gasteiger partial charge is 0.378 e. The van der Waals surface area contributed by atoms with Crippen molar-refractivity contribution in [1.82, 2.24) is 4.90 Å². The zero-order valence-corrected chi connectivity index (χ0v) is 10.1. The topological polar surface area (TPSA) is 29.3 Å². The van der Waals surface area contributed by atoms with Gasteiger partial charge < -0.3 is 10.6 Å². The van der Waals surface area contributed by atoms with Gasteiger partial charge in [0.1, 0.15) is 0 Å². The Morgan fingerprint density at radius 1 is 1.43 bits per heavy atom. The maximum atomic E-state index is 5.47. The van der Waals surface area contributed by atoms with Gasteiger partial charge in [0.2, 0.25) is 0 Å². The van der Waals surface area contributed by atoms with Crippen molar-refractivity contribution in [1.29, 1.82) is 0 Å². The second kappa shape index (κ2) is 7.86. The summed E-state index contributed by atoms with van der Waals surface area (Å²) in [7, 11) is 2.13. The van der Waals surface area contributed by atoms with Crippen LogP contribution in [0.1, 0.15) is 39.5 Å². The SMILES string of the molecule is C=C(C(C)CCCCN)N(C)CCC. The maximum absolute atomic E-state index is 5.47. The molecule has 14 heavy (non-hydrogen) atoms. The van der Waals surface area contributed by atoms with E-state index in [0.717, 1.165) is 19.5 Å². The molecule has 0 aromatic heterocycles. The fourth-order valence-electron chi connectivity index (χ4n) is 1.62. The Bertz CT molecular complexity index is 154. The van der Waals surface area contributed by atoms with Gasteiger partial charge >= 0.3 is 0 Å². The number of allylic oxidation sites excluding steroid dienone is 1. The second-order valence-corrected chi connectivity index (χ2v) is 4.10. The zero-order valence-electron chi connectivity index (χ0n) is 10.1. The molecule has 0 bridgehead atoms. The molecule has 0 aliphatic carbocycles. The standard InChI is InChI=1S/C12H26N2/c1-5-10-14(4)12(3)11(2)8-6-7-9-13/h11H,3,5-10,13H2,1-2,4H3. The molecule has 2 heteroatoms.